The summed E-state index contributed by atoms with van der Waals surface area (Å²) in [4.78, 5) is 1.05. The molecule has 19 heavy (non-hydrogen) atoms. The molecular weight excluding hydrogens is 262 g/mol. The smallest absolute Gasteiger partial charge is 0.179 e. The number of fused-ring (bicyclic) bond motifs is 1. The number of para-hydroxylation sites is 1. The second-order valence-electron chi connectivity index (χ2n) is 3.87. The van der Waals surface area contributed by atoms with Crippen LogP contribution in [0.3, 0.4) is 0 Å². The van der Waals surface area contributed by atoms with Crippen LogP contribution in [0.25, 0.3) is 11.0 Å². The summed E-state index contributed by atoms with van der Waals surface area (Å²) in [6.45, 7) is 0. The number of hydrogen-bond acceptors (Lipinski definition) is 6. The highest BCUT2D eigenvalue weighted by Gasteiger charge is 2.13. The third-order valence-corrected chi connectivity index (χ3v) is 3.48. The second-order valence-corrected chi connectivity index (χ2v) is 4.72. The van der Waals surface area contributed by atoms with Crippen molar-refractivity contribution in [3.8, 4) is 11.5 Å². The first kappa shape index (κ1) is 11.9. The molecule has 1 heterocycles. The molecular formula is C13H11N3O2S. The topological polar surface area (TPSA) is 74.2 Å². The van der Waals surface area contributed by atoms with Gasteiger partial charge >= 0.3 is 0 Å². The third kappa shape index (κ3) is 2.10. The van der Waals surface area contributed by atoms with Crippen LogP contribution in [0.4, 0.5) is 5.69 Å². The van der Waals surface area contributed by atoms with E-state index in [1.165, 1.54) is 0 Å². The fraction of sp³-hybridized carbons (Fsp3) is 0.0769. The van der Waals surface area contributed by atoms with Gasteiger partial charge in [-0.05, 0) is 40.8 Å². The van der Waals surface area contributed by atoms with E-state index in [9.17, 15) is 0 Å². The lowest BCUT2D eigenvalue weighted by Gasteiger charge is -2.09. The van der Waals surface area contributed by atoms with Crippen LogP contribution in [0, 0.1) is 0 Å². The molecule has 96 valence electrons. The largest absolute Gasteiger partial charge is 0.454 e. The normalized spacial score (nSPS) is 10.8. The van der Waals surface area contributed by atoms with E-state index in [0.29, 0.717) is 22.5 Å². The van der Waals surface area contributed by atoms with Crippen LogP contribution in [-0.4, -0.2) is 16.6 Å². The van der Waals surface area contributed by atoms with E-state index < -0.39 is 0 Å². The number of thioether (sulfide) groups is 1. The van der Waals surface area contributed by atoms with Gasteiger partial charge in [0.15, 0.2) is 16.8 Å². The highest BCUT2D eigenvalue weighted by atomic mass is 32.2. The number of aromatic nitrogens is 2. The van der Waals surface area contributed by atoms with Gasteiger partial charge in [0.1, 0.15) is 5.75 Å². The number of nitrogens with zero attached hydrogens (tertiary/aromatic N) is 2. The van der Waals surface area contributed by atoms with Crippen molar-refractivity contribution in [1.82, 2.24) is 10.3 Å². The van der Waals surface area contributed by atoms with Crippen molar-refractivity contribution in [2.45, 2.75) is 4.90 Å². The zero-order valence-electron chi connectivity index (χ0n) is 10.2. The predicted molar refractivity (Wildman–Crippen MR) is 74.5 cm³/mol. The van der Waals surface area contributed by atoms with Gasteiger partial charge in [0.2, 0.25) is 0 Å². The van der Waals surface area contributed by atoms with Gasteiger partial charge in [-0.25, -0.2) is 4.63 Å². The lowest BCUT2D eigenvalue weighted by molar-refractivity contribution is 0.314. The molecule has 2 aromatic carbocycles. The Morgan fingerprint density at radius 1 is 1.05 bits per heavy atom. The number of ether oxygens (including phenoxy) is 1. The van der Waals surface area contributed by atoms with E-state index >= 15 is 0 Å². The molecule has 1 aromatic heterocycles. The van der Waals surface area contributed by atoms with Crippen LogP contribution in [0.2, 0.25) is 0 Å². The molecule has 0 aliphatic carbocycles. The Labute approximate surface area is 113 Å². The van der Waals surface area contributed by atoms with Crippen LogP contribution >= 0.6 is 11.8 Å². The van der Waals surface area contributed by atoms with Crippen molar-refractivity contribution < 1.29 is 9.37 Å². The Hall–Kier alpha value is -2.21. The first-order chi connectivity index (χ1) is 9.29. The van der Waals surface area contributed by atoms with E-state index in [1.807, 2.05) is 30.5 Å². The van der Waals surface area contributed by atoms with Gasteiger partial charge in [0.25, 0.3) is 0 Å². The number of hydrogen-bond donors (Lipinski definition) is 1. The van der Waals surface area contributed by atoms with Crippen molar-refractivity contribution in [3.05, 3.63) is 36.4 Å². The molecule has 0 unspecified atom stereocenters. The summed E-state index contributed by atoms with van der Waals surface area (Å²) in [5.74, 6) is 1.34. The molecule has 5 nitrogen and oxygen atoms in total. The summed E-state index contributed by atoms with van der Waals surface area (Å²) in [6, 6.07) is 11.3. The van der Waals surface area contributed by atoms with Gasteiger partial charge in [-0.1, -0.05) is 12.1 Å². The first-order valence-electron chi connectivity index (χ1n) is 5.61. The Balaban J connectivity index is 2.06. The van der Waals surface area contributed by atoms with Crippen molar-refractivity contribution in [1.29, 1.82) is 0 Å². The van der Waals surface area contributed by atoms with E-state index in [1.54, 1.807) is 23.9 Å². The SMILES string of the molecule is CSc1ccccc1Oc1ccc(N)c2nonc12. The molecule has 0 spiro atoms. The van der Waals surface area contributed by atoms with Crippen molar-refractivity contribution >= 4 is 28.5 Å². The molecule has 0 saturated heterocycles. The maximum absolute atomic E-state index is 5.89. The Kier molecular flexibility index (Phi) is 3.00. The Bertz CT molecular complexity index is 727. The maximum Gasteiger partial charge on any atom is 0.179 e. The van der Waals surface area contributed by atoms with Crippen LogP contribution < -0.4 is 10.5 Å². The van der Waals surface area contributed by atoms with Crippen LogP contribution in [0.1, 0.15) is 0 Å². The molecule has 0 aliphatic heterocycles. The average Bonchev–Trinajstić information content (AvgIpc) is 2.93. The minimum atomic E-state index is 0.513. The van der Waals surface area contributed by atoms with E-state index in [0.717, 1.165) is 10.6 Å². The quantitative estimate of drug-likeness (QED) is 0.583. The van der Waals surface area contributed by atoms with Crippen molar-refractivity contribution in [2.24, 2.45) is 0 Å². The van der Waals surface area contributed by atoms with E-state index in [-0.39, 0.29) is 0 Å². The highest BCUT2D eigenvalue weighted by Crippen LogP contribution is 2.35. The summed E-state index contributed by atoms with van der Waals surface area (Å²) in [7, 11) is 0. The maximum atomic E-state index is 5.89. The monoisotopic (exact) mass is 273 g/mol. The van der Waals surface area contributed by atoms with Crippen LogP contribution in [0.5, 0.6) is 11.5 Å². The van der Waals surface area contributed by atoms with Crippen LogP contribution in [-0.2, 0) is 0 Å². The van der Waals surface area contributed by atoms with Gasteiger partial charge < -0.3 is 10.5 Å². The fourth-order valence-corrected chi connectivity index (χ4v) is 2.29. The first-order valence-corrected chi connectivity index (χ1v) is 6.83. The number of benzene rings is 2. The van der Waals surface area contributed by atoms with E-state index in [2.05, 4.69) is 10.3 Å². The molecule has 0 radical (unpaired) electrons. The minimum absolute atomic E-state index is 0.513. The third-order valence-electron chi connectivity index (χ3n) is 2.70. The summed E-state index contributed by atoms with van der Waals surface area (Å²) in [5, 5.41) is 7.60. The fourth-order valence-electron chi connectivity index (χ4n) is 1.77. The summed E-state index contributed by atoms with van der Waals surface area (Å²) in [5.41, 5.74) is 7.35. The molecule has 0 atom stereocenters. The summed E-state index contributed by atoms with van der Waals surface area (Å²) >= 11 is 1.62. The second kappa shape index (κ2) is 4.81. The lowest BCUT2D eigenvalue weighted by Crippen LogP contribution is -1.91. The Morgan fingerprint density at radius 2 is 1.84 bits per heavy atom. The average molecular weight is 273 g/mol. The molecule has 2 N–H and O–H groups in total. The van der Waals surface area contributed by atoms with Crippen molar-refractivity contribution in [3.63, 3.8) is 0 Å². The molecule has 6 heteroatoms. The molecule has 3 aromatic rings. The molecule has 0 saturated carbocycles. The van der Waals surface area contributed by atoms with E-state index in [4.69, 9.17) is 15.1 Å². The van der Waals surface area contributed by atoms with Gasteiger partial charge in [-0.3, -0.25) is 0 Å². The molecule has 0 bridgehead atoms. The van der Waals surface area contributed by atoms with Gasteiger partial charge in [-0.15, -0.1) is 11.8 Å². The summed E-state index contributed by atoms with van der Waals surface area (Å²) in [6.07, 6.45) is 2.00. The molecule has 0 amide bonds. The number of anilines is 1. The molecule has 0 aliphatic rings. The number of rotatable bonds is 3. The zero-order valence-corrected chi connectivity index (χ0v) is 11.0. The summed E-state index contributed by atoms with van der Waals surface area (Å²) < 4.78 is 10.6. The number of nitrogens with two attached hydrogens (primary N) is 1. The van der Waals surface area contributed by atoms with Crippen LogP contribution in [0.15, 0.2) is 45.9 Å². The van der Waals surface area contributed by atoms with Gasteiger partial charge in [-0.2, -0.15) is 0 Å². The lowest BCUT2D eigenvalue weighted by atomic mass is 10.2. The Morgan fingerprint density at radius 3 is 2.68 bits per heavy atom. The molecule has 3 rings (SSSR count). The highest BCUT2D eigenvalue weighted by molar-refractivity contribution is 7.98. The minimum Gasteiger partial charge on any atom is -0.454 e. The predicted octanol–water partition coefficient (Wildman–Crippen LogP) is 3.32. The van der Waals surface area contributed by atoms with Crippen molar-refractivity contribution in [2.75, 3.05) is 12.0 Å². The zero-order chi connectivity index (χ0) is 13.2. The van der Waals surface area contributed by atoms with Gasteiger partial charge in [0, 0.05) is 4.90 Å². The molecule has 0 fully saturated rings. The number of nitrogen functional groups attached to an aromatic ring is 1. The van der Waals surface area contributed by atoms with Gasteiger partial charge in [0.05, 0.1) is 5.69 Å². The standard InChI is InChI=1S/C13H11N3O2S/c1-19-11-5-3-2-4-9(11)17-10-7-6-8(14)12-13(10)16-18-15-12/h2-7H,14H2,1H3.